The average molecular weight is 256 g/mol. The second-order valence-corrected chi connectivity index (χ2v) is 5.57. The van der Waals surface area contributed by atoms with E-state index in [2.05, 4.69) is 13.0 Å². The molecule has 18 heavy (non-hydrogen) atoms. The van der Waals surface area contributed by atoms with E-state index in [1.165, 1.54) is 17.3 Å². The van der Waals surface area contributed by atoms with Crippen molar-refractivity contribution in [3.05, 3.63) is 53.6 Å². The fraction of sp³-hybridized carbons (Fsp3) is 0.133. The van der Waals surface area contributed by atoms with E-state index in [9.17, 15) is 9.90 Å². The molecule has 1 aliphatic heterocycles. The standard InChI is InChI=1S/C15H12O2S/c1-9-6-7-13-12(8-9)10-4-2-3-5-11(10)14(18-13)15(16)17/h2-8,14H,1H3,(H,16,17). The first-order valence-electron chi connectivity index (χ1n) is 5.76. The van der Waals surface area contributed by atoms with Gasteiger partial charge in [0.2, 0.25) is 0 Å². The molecule has 1 N–H and O–H groups in total. The monoisotopic (exact) mass is 256 g/mol. The molecule has 3 heteroatoms. The number of carbonyl (C=O) groups is 1. The van der Waals surface area contributed by atoms with E-state index < -0.39 is 11.2 Å². The summed E-state index contributed by atoms with van der Waals surface area (Å²) in [6, 6.07) is 13.9. The number of carboxylic acids is 1. The molecule has 0 radical (unpaired) electrons. The predicted octanol–water partition coefficient (Wildman–Crippen LogP) is 3.89. The van der Waals surface area contributed by atoms with Gasteiger partial charge in [-0.2, -0.15) is 0 Å². The third-order valence-corrected chi connectivity index (χ3v) is 4.44. The highest BCUT2D eigenvalue weighted by molar-refractivity contribution is 8.00. The average Bonchev–Trinajstić information content (AvgIpc) is 2.37. The molecule has 0 aliphatic carbocycles. The lowest BCUT2D eigenvalue weighted by molar-refractivity contribution is -0.136. The van der Waals surface area contributed by atoms with Crippen molar-refractivity contribution >= 4 is 17.7 Å². The molecule has 0 bridgehead atoms. The van der Waals surface area contributed by atoms with Crippen LogP contribution in [0.15, 0.2) is 47.4 Å². The van der Waals surface area contributed by atoms with E-state index in [-0.39, 0.29) is 0 Å². The predicted molar refractivity (Wildman–Crippen MR) is 72.8 cm³/mol. The minimum Gasteiger partial charge on any atom is -0.480 e. The Hall–Kier alpha value is -1.74. The minimum atomic E-state index is -0.779. The molecule has 1 heterocycles. The third-order valence-electron chi connectivity index (χ3n) is 3.14. The lowest BCUT2D eigenvalue weighted by atomic mass is 9.95. The highest BCUT2D eigenvalue weighted by Gasteiger charge is 2.29. The van der Waals surface area contributed by atoms with Crippen molar-refractivity contribution in [3.63, 3.8) is 0 Å². The first-order chi connectivity index (χ1) is 8.66. The van der Waals surface area contributed by atoms with Gasteiger partial charge in [0.25, 0.3) is 0 Å². The number of benzene rings is 2. The van der Waals surface area contributed by atoms with E-state index in [1.807, 2.05) is 36.4 Å². The van der Waals surface area contributed by atoms with Crippen LogP contribution in [0.5, 0.6) is 0 Å². The molecule has 1 unspecified atom stereocenters. The van der Waals surface area contributed by atoms with Gasteiger partial charge in [0, 0.05) is 4.90 Å². The molecule has 2 aromatic rings. The molecule has 0 fully saturated rings. The summed E-state index contributed by atoms with van der Waals surface area (Å²) >= 11 is 1.42. The van der Waals surface area contributed by atoms with Crippen molar-refractivity contribution in [1.29, 1.82) is 0 Å². The molecule has 2 aromatic carbocycles. The number of rotatable bonds is 1. The van der Waals surface area contributed by atoms with Crippen molar-refractivity contribution in [1.82, 2.24) is 0 Å². The zero-order valence-corrected chi connectivity index (χ0v) is 10.7. The number of hydrogen-bond acceptors (Lipinski definition) is 2. The molecular formula is C15H12O2S. The fourth-order valence-electron chi connectivity index (χ4n) is 2.30. The summed E-state index contributed by atoms with van der Waals surface area (Å²) in [6.45, 7) is 2.05. The van der Waals surface area contributed by atoms with Gasteiger partial charge in [-0.05, 0) is 29.7 Å². The van der Waals surface area contributed by atoms with Crippen molar-refractivity contribution in [2.75, 3.05) is 0 Å². The van der Waals surface area contributed by atoms with Gasteiger partial charge < -0.3 is 5.11 Å². The summed E-state index contributed by atoms with van der Waals surface area (Å²) in [6.07, 6.45) is 0. The van der Waals surface area contributed by atoms with Crippen molar-refractivity contribution in [3.8, 4) is 11.1 Å². The van der Waals surface area contributed by atoms with Crippen molar-refractivity contribution < 1.29 is 9.90 Å². The summed E-state index contributed by atoms with van der Waals surface area (Å²) in [5, 5.41) is 8.84. The van der Waals surface area contributed by atoms with E-state index in [4.69, 9.17) is 0 Å². The molecule has 90 valence electrons. The van der Waals surface area contributed by atoms with Gasteiger partial charge in [-0.15, -0.1) is 11.8 Å². The van der Waals surface area contributed by atoms with Crippen LogP contribution in [0.4, 0.5) is 0 Å². The number of aryl methyl sites for hydroxylation is 1. The molecule has 1 atom stereocenters. The number of carboxylic acid groups (broad SMARTS) is 1. The molecule has 2 nitrogen and oxygen atoms in total. The molecule has 1 aliphatic rings. The highest BCUT2D eigenvalue weighted by atomic mass is 32.2. The second kappa shape index (κ2) is 4.18. The summed E-state index contributed by atoms with van der Waals surface area (Å²) in [7, 11) is 0. The van der Waals surface area contributed by atoms with Gasteiger partial charge in [-0.1, -0.05) is 42.0 Å². The van der Waals surface area contributed by atoms with E-state index in [0.717, 1.165) is 21.6 Å². The molecule has 0 aromatic heterocycles. The normalized spacial score (nSPS) is 16.8. The number of aliphatic carboxylic acids is 1. The van der Waals surface area contributed by atoms with Gasteiger partial charge in [-0.3, -0.25) is 4.79 Å². The quantitative estimate of drug-likeness (QED) is 0.841. The summed E-state index contributed by atoms with van der Waals surface area (Å²) in [4.78, 5) is 12.4. The van der Waals surface area contributed by atoms with Gasteiger partial charge in [0.15, 0.2) is 0 Å². The maximum Gasteiger partial charge on any atom is 0.321 e. The van der Waals surface area contributed by atoms with Crippen LogP contribution in [-0.4, -0.2) is 11.1 Å². The Labute approximate surface area is 110 Å². The first kappa shape index (κ1) is 11.4. The Morgan fingerprint density at radius 3 is 2.72 bits per heavy atom. The zero-order valence-electron chi connectivity index (χ0n) is 9.88. The Balaban J connectivity index is 2.26. The van der Waals surface area contributed by atoms with Gasteiger partial charge in [0.05, 0.1) is 0 Å². The van der Waals surface area contributed by atoms with E-state index in [0.29, 0.717) is 0 Å². The maximum atomic E-state index is 11.4. The Morgan fingerprint density at radius 1 is 1.17 bits per heavy atom. The molecule has 3 rings (SSSR count). The largest absolute Gasteiger partial charge is 0.480 e. The molecule has 0 spiro atoms. The molecule has 0 saturated heterocycles. The molecule has 0 saturated carbocycles. The first-order valence-corrected chi connectivity index (χ1v) is 6.64. The van der Waals surface area contributed by atoms with Crippen LogP contribution in [0.2, 0.25) is 0 Å². The van der Waals surface area contributed by atoms with E-state index >= 15 is 0 Å². The third kappa shape index (κ3) is 1.71. The van der Waals surface area contributed by atoms with Crippen LogP contribution in [-0.2, 0) is 4.79 Å². The Kier molecular flexibility index (Phi) is 2.63. The van der Waals surface area contributed by atoms with Gasteiger partial charge >= 0.3 is 5.97 Å². The van der Waals surface area contributed by atoms with Crippen LogP contribution in [0.1, 0.15) is 16.4 Å². The topological polar surface area (TPSA) is 37.3 Å². The second-order valence-electron chi connectivity index (χ2n) is 4.42. The lowest BCUT2D eigenvalue weighted by Crippen LogP contribution is -2.12. The fourth-order valence-corrected chi connectivity index (χ4v) is 3.43. The van der Waals surface area contributed by atoms with Crippen LogP contribution in [0, 0.1) is 6.92 Å². The maximum absolute atomic E-state index is 11.4. The summed E-state index contributed by atoms with van der Waals surface area (Å²) in [5.74, 6) is -0.779. The van der Waals surface area contributed by atoms with Crippen molar-refractivity contribution in [2.24, 2.45) is 0 Å². The number of thioether (sulfide) groups is 1. The van der Waals surface area contributed by atoms with Crippen LogP contribution in [0.3, 0.4) is 0 Å². The van der Waals surface area contributed by atoms with Crippen molar-refractivity contribution in [2.45, 2.75) is 17.1 Å². The summed E-state index contributed by atoms with van der Waals surface area (Å²) < 4.78 is 0. The van der Waals surface area contributed by atoms with Crippen LogP contribution in [0.25, 0.3) is 11.1 Å². The molecule has 0 amide bonds. The van der Waals surface area contributed by atoms with Gasteiger partial charge in [-0.25, -0.2) is 0 Å². The Bertz CT molecular complexity index is 634. The van der Waals surface area contributed by atoms with E-state index in [1.54, 1.807) is 0 Å². The zero-order chi connectivity index (χ0) is 12.7. The number of fused-ring (bicyclic) bond motifs is 3. The SMILES string of the molecule is Cc1ccc2c(c1)-c1ccccc1C(C(=O)O)S2. The smallest absolute Gasteiger partial charge is 0.321 e. The highest BCUT2D eigenvalue weighted by Crippen LogP contribution is 2.49. The minimum absolute atomic E-state index is 0.503. The molecular weight excluding hydrogens is 244 g/mol. The van der Waals surface area contributed by atoms with Gasteiger partial charge in [0.1, 0.15) is 5.25 Å². The number of hydrogen-bond donors (Lipinski definition) is 1. The van der Waals surface area contributed by atoms with Crippen LogP contribution < -0.4 is 0 Å². The summed E-state index contributed by atoms with van der Waals surface area (Å²) in [5.41, 5.74) is 4.28. The lowest BCUT2D eigenvalue weighted by Gasteiger charge is -2.24. The Morgan fingerprint density at radius 2 is 1.94 bits per heavy atom. The van der Waals surface area contributed by atoms with Crippen LogP contribution >= 0.6 is 11.8 Å².